The second kappa shape index (κ2) is 10.5. The highest BCUT2D eigenvalue weighted by atomic mass is 32.2. The van der Waals surface area contributed by atoms with E-state index < -0.39 is 6.04 Å². The van der Waals surface area contributed by atoms with Gasteiger partial charge in [-0.15, -0.1) is 23.1 Å². The van der Waals surface area contributed by atoms with E-state index in [4.69, 9.17) is 14.2 Å². The summed E-state index contributed by atoms with van der Waals surface area (Å²) in [7, 11) is 4.53. The minimum Gasteiger partial charge on any atom is -0.493 e. The minimum absolute atomic E-state index is 0.00594. The number of nitrogens with one attached hydrogen (secondary N) is 1. The molecule has 0 spiro atoms. The molecule has 0 radical (unpaired) electrons. The van der Waals surface area contributed by atoms with Crippen LogP contribution in [0.3, 0.4) is 0 Å². The first-order valence-electron chi connectivity index (χ1n) is 10.4. The maximum Gasteiger partial charge on any atom is 0.256 e. The fourth-order valence-corrected chi connectivity index (χ4v) is 5.84. The molecule has 0 bridgehead atoms. The van der Waals surface area contributed by atoms with Gasteiger partial charge < -0.3 is 24.4 Å². The third kappa shape index (κ3) is 4.83. The zero-order valence-electron chi connectivity index (χ0n) is 19.2. The number of methoxy groups -OCH3 is 3. The van der Waals surface area contributed by atoms with Crippen LogP contribution in [0.2, 0.25) is 0 Å². The van der Waals surface area contributed by atoms with Crippen LogP contribution >= 0.6 is 23.1 Å². The van der Waals surface area contributed by atoms with Gasteiger partial charge in [-0.2, -0.15) is 0 Å². The van der Waals surface area contributed by atoms with Gasteiger partial charge in [0.05, 0.1) is 21.3 Å². The van der Waals surface area contributed by atoms with Crippen molar-refractivity contribution < 1.29 is 23.8 Å². The Morgan fingerprint density at radius 1 is 1.09 bits per heavy atom. The summed E-state index contributed by atoms with van der Waals surface area (Å²) in [6, 6.07) is 6.63. The van der Waals surface area contributed by atoms with Crippen LogP contribution in [0.4, 0.5) is 0 Å². The molecule has 2 amide bonds. The number of amides is 2. The lowest BCUT2D eigenvalue weighted by atomic mass is 10.1. The normalized spacial score (nSPS) is 19.0. The third-order valence-electron chi connectivity index (χ3n) is 5.61. The van der Waals surface area contributed by atoms with Gasteiger partial charge in [-0.25, -0.2) is 0 Å². The minimum atomic E-state index is -0.583. The number of hydrogen-bond acceptors (Lipinski definition) is 7. The molecule has 2 heterocycles. The number of thiophene rings is 1. The Morgan fingerprint density at radius 3 is 2.25 bits per heavy atom. The summed E-state index contributed by atoms with van der Waals surface area (Å²) in [4.78, 5) is 29.7. The largest absolute Gasteiger partial charge is 0.493 e. The van der Waals surface area contributed by atoms with Crippen molar-refractivity contribution in [2.75, 3.05) is 27.1 Å². The van der Waals surface area contributed by atoms with Crippen molar-refractivity contribution in [3.63, 3.8) is 0 Å². The highest BCUT2D eigenvalue weighted by molar-refractivity contribution is 7.99. The van der Waals surface area contributed by atoms with E-state index in [-0.39, 0.29) is 23.2 Å². The predicted octanol–water partition coefficient (Wildman–Crippen LogP) is 4.19. The number of carbonyl (C=O) groups is 2. The first kappa shape index (κ1) is 24.3. The average Bonchev–Trinajstić information content (AvgIpc) is 3.46. The molecule has 3 rings (SSSR count). The molecule has 1 aliphatic heterocycles. The summed E-state index contributed by atoms with van der Waals surface area (Å²) in [5.41, 5.74) is 0.373. The van der Waals surface area contributed by atoms with Crippen LogP contribution in [-0.2, 0) is 4.79 Å². The Hall–Kier alpha value is -2.39. The summed E-state index contributed by atoms with van der Waals surface area (Å²) < 4.78 is 16.2. The van der Waals surface area contributed by atoms with Gasteiger partial charge in [0, 0.05) is 22.2 Å². The summed E-state index contributed by atoms with van der Waals surface area (Å²) in [6.07, 6.45) is 0. The maximum atomic E-state index is 13.8. The molecular formula is C23H30N2O5S2. The lowest BCUT2D eigenvalue weighted by molar-refractivity contribution is -0.125. The quantitative estimate of drug-likeness (QED) is 0.613. The van der Waals surface area contributed by atoms with E-state index in [0.29, 0.717) is 34.5 Å². The number of ether oxygens (including phenoxy) is 3. The first-order valence-corrected chi connectivity index (χ1v) is 12.3. The molecule has 32 heavy (non-hydrogen) atoms. The number of benzene rings is 1. The van der Waals surface area contributed by atoms with Crippen LogP contribution in [0.15, 0.2) is 29.6 Å². The van der Waals surface area contributed by atoms with Crippen molar-refractivity contribution in [2.45, 2.75) is 38.2 Å². The van der Waals surface area contributed by atoms with E-state index in [1.54, 1.807) is 40.1 Å². The summed E-state index contributed by atoms with van der Waals surface area (Å²) in [5.74, 6) is 1.62. The molecule has 1 saturated heterocycles. The van der Waals surface area contributed by atoms with E-state index in [1.165, 1.54) is 21.3 Å². The molecule has 0 saturated carbocycles. The molecule has 1 N–H and O–H groups in total. The van der Waals surface area contributed by atoms with Gasteiger partial charge >= 0.3 is 0 Å². The molecule has 7 nitrogen and oxygen atoms in total. The molecule has 1 aliphatic rings. The second-order valence-corrected chi connectivity index (χ2v) is 9.98. The molecule has 1 fully saturated rings. The predicted molar refractivity (Wildman–Crippen MR) is 128 cm³/mol. The van der Waals surface area contributed by atoms with Crippen molar-refractivity contribution in [1.82, 2.24) is 10.2 Å². The van der Waals surface area contributed by atoms with Gasteiger partial charge in [-0.05, 0) is 36.4 Å². The number of thioether (sulfide) groups is 1. The Labute approximate surface area is 197 Å². The Kier molecular flexibility index (Phi) is 7.95. The van der Waals surface area contributed by atoms with Crippen molar-refractivity contribution in [2.24, 2.45) is 5.92 Å². The van der Waals surface area contributed by atoms with Crippen LogP contribution in [0.5, 0.6) is 17.2 Å². The fourth-order valence-electron chi connectivity index (χ4n) is 3.45. The highest BCUT2D eigenvalue weighted by Crippen LogP contribution is 2.45. The van der Waals surface area contributed by atoms with E-state index in [1.807, 2.05) is 24.4 Å². The molecule has 2 aromatic rings. The van der Waals surface area contributed by atoms with Crippen molar-refractivity contribution in [3.8, 4) is 17.2 Å². The molecule has 0 aliphatic carbocycles. The standard InChI is InChI=1S/C23H30N2O5S2/c1-13(2)14(3)24-21(26)16-12-32-23(19-8-7-9-31-19)25(16)22(27)15-10-17(28-4)20(30-6)18(11-15)29-5/h7-11,13-14,16,23H,12H2,1-6H3,(H,24,26). The van der Waals surface area contributed by atoms with Gasteiger partial charge in [0.1, 0.15) is 11.4 Å². The second-order valence-electron chi connectivity index (χ2n) is 7.88. The van der Waals surface area contributed by atoms with Gasteiger partial charge in [0.2, 0.25) is 11.7 Å². The average molecular weight is 479 g/mol. The number of carbonyl (C=O) groups excluding carboxylic acids is 2. The van der Waals surface area contributed by atoms with Gasteiger partial charge in [0.15, 0.2) is 11.5 Å². The van der Waals surface area contributed by atoms with Crippen molar-refractivity contribution in [3.05, 3.63) is 40.1 Å². The molecule has 3 atom stereocenters. The van der Waals surface area contributed by atoms with E-state index >= 15 is 0 Å². The Bertz CT molecular complexity index is 923. The summed E-state index contributed by atoms with van der Waals surface area (Å²) in [5, 5.41) is 4.81. The van der Waals surface area contributed by atoms with E-state index in [9.17, 15) is 9.59 Å². The van der Waals surface area contributed by atoms with E-state index in [0.717, 1.165) is 4.88 Å². The molecule has 1 aromatic carbocycles. The lowest BCUT2D eigenvalue weighted by Crippen LogP contribution is -2.50. The first-order chi connectivity index (χ1) is 15.3. The van der Waals surface area contributed by atoms with Crippen molar-refractivity contribution in [1.29, 1.82) is 0 Å². The van der Waals surface area contributed by atoms with Gasteiger partial charge in [-0.3, -0.25) is 9.59 Å². The Morgan fingerprint density at radius 2 is 1.75 bits per heavy atom. The third-order valence-corrected chi connectivity index (χ3v) is 7.98. The highest BCUT2D eigenvalue weighted by Gasteiger charge is 2.43. The van der Waals surface area contributed by atoms with Crippen LogP contribution in [0, 0.1) is 5.92 Å². The molecule has 1 aromatic heterocycles. The fraction of sp³-hybridized carbons (Fsp3) is 0.478. The van der Waals surface area contributed by atoms with Crippen LogP contribution < -0.4 is 19.5 Å². The number of hydrogen-bond donors (Lipinski definition) is 1. The maximum absolute atomic E-state index is 13.8. The lowest BCUT2D eigenvalue weighted by Gasteiger charge is -2.30. The summed E-state index contributed by atoms with van der Waals surface area (Å²) in [6.45, 7) is 6.09. The molecule has 3 unspecified atom stereocenters. The van der Waals surface area contributed by atoms with Crippen molar-refractivity contribution >= 4 is 34.9 Å². The zero-order valence-corrected chi connectivity index (χ0v) is 20.8. The smallest absolute Gasteiger partial charge is 0.256 e. The van der Waals surface area contributed by atoms with Crippen LogP contribution in [-0.4, -0.2) is 55.9 Å². The molecular weight excluding hydrogens is 448 g/mol. The van der Waals surface area contributed by atoms with Crippen LogP contribution in [0.1, 0.15) is 41.4 Å². The van der Waals surface area contributed by atoms with Crippen LogP contribution in [0.25, 0.3) is 0 Å². The van der Waals surface area contributed by atoms with E-state index in [2.05, 4.69) is 19.2 Å². The van der Waals surface area contributed by atoms with Gasteiger partial charge in [0.25, 0.3) is 5.91 Å². The molecule has 9 heteroatoms. The molecule has 174 valence electrons. The zero-order chi connectivity index (χ0) is 23.4. The SMILES string of the molecule is COc1cc(C(=O)N2C(C(=O)NC(C)C(C)C)CSC2c2cccs2)cc(OC)c1OC. The monoisotopic (exact) mass is 478 g/mol. The Balaban J connectivity index is 2.00. The number of nitrogens with zero attached hydrogens (tertiary/aromatic N) is 1. The number of rotatable bonds is 8. The van der Waals surface area contributed by atoms with Gasteiger partial charge in [-0.1, -0.05) is 19.9 Å². The topological polar surface area (TPSA) is 77.1 Å². The summed E-state index contributed by atoms with van der Waals surface area (Å²) >= 11 is 3.17.